The lowest BCUT2D eigenvalue weighted by molar-refractivity contribution is -0.137. The number of benzene rings is 2. The predicted octanol–water partition coefficient (Wildman–Crippen LogP) is 4.40. The molecule has 0 atom stereocenters. The summed E-state index contributed by atoms with van der Waals surface area (Å²) in [5, 5.41) is 7.42. The first kappa shape index (κ1) is 22.1. The molecule has 0 radical (unpaired) electrons. The first-order valence-corrected chi connectivity index (χ1v) is 10.4. The Labute approximate surface area is 184 Å². The van der Waals surface area contributed by atoms with Gasteiger partial charge in [-0.05, 0) is 62.4 Å². The Morgan fingerprint density at radius 1 is 1.09 bits per heavy atom. The molecule has 0 aliphatic carbocycles. The second kappa shape index (κ2) is 8.46. The Balaban J connectivity index is 1.60. The van der Waals surface area contributed by atoms with Gasteiger partial charge in [-0.25, -0.2) is 0 Å². The Morgan fingerprint density at radius 3 is 2.47 bits per heavy atom. The van der Waals surface area contributed by atoms with E-state index in [0.29, 0.717) is 30.1 Å². The number of halogens is 3. The number of nitrogens with one attached hydrogen (secondary N) is 1. The van der Waals surface area contributed by atoms with E-state index in [-0.39, 0.29) is 12.1 Å². The summed E-state index contributed by atoms with van der Waals surface area (Å²) in [7, 11) is 2.00. The van der Waals surface area contributed by atoms with E-state index in [4.69, 9.17) is 4.52 Å². The summed E-state index contributed by atoms with van der Waals surface area (Å²) < 4.78 is 45.3. The summed E-state index contributed by atoms with van der Waals surface area (Å²) in [6, 6.07) is 7.25. The van der Waals surface area contributed by atoms with Crippen LogP contribution in [-0.4, -0.2) is 49.2 Å². The molecule has 4 rings (SSSR count). The Morgan fingerprint density at radius 2 is 1.78 bits per heavy atom. The fraction of sp³-hybridized carbons (Fsp3) is 0.391. The van der Waals surface area contributed by atoms with Crippen molar-refractivity contribution in [3.05, 3.63) is 52.7 Å². The van der Waals surface area contributed by atoms with E-state index in [1.165, 1.54) is 6.07 Å². The highest BCUT2D eigenvalue weighted by Gasteiger charge is 2.32. The van der Waals surface area contributed by atoms with Gasteiger partial charge >= 0.3 is 6.18 Å². The van der Waals surface area contributed by atoms with Crippen LogP contribution in [0.5, 0.6) is 0 Å². The first-order valence-electron chi connectivity index (χ1n) is 10.4. The molecular weight excluding hydrogens is 421 g/mol. The van der Waals surface area contributed by atoms with Gasteiger partial charge in [0.2, 0.25) is 5.91 Å². The number of hydrogen-bond donors (Lipinski definition) is 1. The first-order chi connectivity index (χ1) is 15.1. The molecule has 1 aromatic heterocycles. The van der Waals surface area contributed by atoms with Crippen molar-refractivity contribution in [3.63, 3.8) is 0 Å². The molecule has 170 valence electrons. The van der Waals surface area contributed by atoms with Gasteiger partial charge in [-0.1, -0.05) is 5.16 Å². The number of aryl methyl sites for hydroxylation is 2. The Hall–Kier alpha value is -3.07. The predicted molar refractivity (Wildman–Crippen MR) is 117 cm³/mol. The van der Waals surface area contributed by atoms with Gasteiger partial charge in [0.05, 0.1) is 23.4 Å². The summed E-state index contributed by atoms with van der Waals surface area (Å²) in [4.78, 5) is 17.0. The fourth-order valence-electron chi connectivity index (χ4n) is 3.85. The molecule has 0 bridgehead atoms. The van der Waals surface area contributed by atoms with Crippen molar-refractivity contribution in [3.8, 4) is 0 Å². The van der Waals surface area contributed by atoms with Crippen molar-refractivity contribution in [1.29, 1.82) is 0 Å². The Bertz CT molecular complexity index is 1150. The highest BCUT2D eigenvalue weighted by Crippen LogP contribution is 2.36. The van der Waals surface area contributed by atoms with Crippen LogP contribution < -0.4 is 10.2 Å². The van der Waals surface area contributed by atoms with Gasteiger partial charge in [-0.3, -0.25) is 4.79 Å². The third-order valence-corrected chi connectivity index (χ3v) is 5.93. The molecule has 1 saturated heterocycles. The molecule has 2 aromatic carbocycles. The van der Waals surface area contributed by atoms with Crippen molar-refractivity contribution in [1.82, 2.24) is 10.1 Å². The van der Waals surface area contributed by atoms with Crippen LogP contribution in [0.15, 0.2) is 34.9 Å². The van der Waals surface area contributed by atoms with Crippen molar-refractivity contribution < 1.29 is 22.5 Å². The number of rotatable bonds is 4. The average Bonchev–Trinajstić information content (AvgIpc) is 3.09. The summed E-state index contributed by atoms with van der Waals surface area (Å²) in [5.41, 5.74) is 3.04. The van der Waals surface area contributed by atoms with E-state index in [0.717, 1.165) is 41.7 Å². The quantitative estimate of drug-likeness (QED) is 0.644. The van der Waals surface area contributed by atoms with Crippen LogP contribution in [0.2, 0.25) is 0 Å². The monoisotopic (exact) mass is 446 g/mol. The Kier molecular flexibility index (Phi) is 5.85. The molecular formula is C23H25F3N4O2. The van der Waals surface area contributed by atoms with Gasteiger partial charge in [0, 0.05) is 31.6 Å². The number of anilines is 2. The second-order valence-electron chi connectivity index (χ2n) is 8.31. The maximum atomic E-state index is 13.3. The number of fused-ring (bicyclic) bond motifs is 1. The number of carbonyl (C=O) groups excluding carboxylic acids is 1. The topological polar surface area (TPSA) is 61.6 Å². The summed E-state index contributed by atoms with van der Waals surface area (Å²) in [5.74, 6) is -0.451. The molecule has 9 heteroatoms. The molecule has 32 heavy (non-hydrogen) atoms. The van der Waals surface area contributed by atoms with E-state index < -0.39 is 17.6 Å². The molecule has 0 spiro atoms. The number of amides is 1. The molecule has 1 aliphatic rings. The number of carbonyl (C=O) groups is 1. The maximum Gasteiger partial charge on any atom is 0.416 e. The summed E-state index contributed by atoms with van der Waals surface area (Å²) in [6.45, 7) is 6.82. The molecule has 2 heterocycles. The number of piperazine rings is 1. The largest absolute Gasteiger partial charge is 0.416 e. The second-order valence-corrected chi connectivity index (χ2v) is 8.31. The van der Waals surface area contributed by atoms with Crippen LogP contribution in [-0.2, 0) is 17.4 Å². The minimum Gasteiger partial charge on any atom is -0.367 e. The maximum absolute atomic E-state index is 13.3. The molecule has 6 nitrogen and oxygen atoms in total. The van der Waals surface area contributed by atoms with Crippen molar-refractivity contribution in [2.75, 3.05) is 43.4 Å². The van der Waals surface area contributed by atoms with Gasteiger partial charge in [0.15, 0.2) is 5.58 Å². The van der Waals surface area contributed by atoms with Crippen LogP contribution in [0.3, 0.4) is 0 Å². The van der Waals surface area contributed by atoms with Crippen molar-refractivity contribution >= 4 is 28.3 Å². The lowest BCUT2D eigenvalue weighted by atomic mass is 10.1. The van der Waals surface area contributed by atoms with Crippen molar-refractivity contribution in [2.24, 2.45) is 0 Å². The van der Waals surface area contributed by atoms with Gasteiger partial charge in [0.25, 0.3) is 0 Å². The van der Waals surface area contributed by atoms with Crippen LogP contribution in [0, 0.1) is 13.8 Å². The lowest BCUT2D eigenvalue weighted by Crippen LogP contribution is -2.44. The van der Waals surface area contributed by atoms with E-state index in [1.807, 2.05) is 37.9 Å². The normalized spacial score (nSPS) is 15.4. The van der Waals surface area contributed by atoms with Crippen LogP contribution in [0.1, 0.15) is 22.4 Å². The van der Waals surface area contributed by atoms with Crippen LogP contribution >= 0.6 is 0 Å². The number of alkyl halides is 3. The molecule has 1 N–H and O–H groups in total. The average molecular weight is 446 g/mol. The number of aromatic nitrogens is 1. The van der Waals surface area contributed by atoms with Crippen molar-refractivity contribution in [2.45, 2.75) is 26.4 Å². The zero-order chi connectivity index (χ0) is 23.0. The fourth-order valence-corrected chi connectivity index (χ4v) is 3.85. The SMILES string of the molecule is Cc1cc2onc(CC(=O)Nc3cc(C(F)(F)F)ccc3N3CCN(C)CC3)c2cc1C. The van der Waals surface area contributed by atoms with Gasteiger partial charge in [-0.15, -0.1) is 0 Å². The zero-order valence-electron chi connectivity index (χ0n) is 18.2. The van der Waals surface area contributed by atoms with Gasteiger partial charge in [0.1, 0.15) is 5.69 Å². The van der Waals surface area contributed by atoms with Crippen LogP contribution in [0.4, 0.5) is 24.5 Å². The third-order valence-electron chi connectivity index (χ3n) is 5.93. The van der Waals surface area contributed by atoms with Crippen LogP contribution in [0.25, 0.3) is 11.0 Å². The number of nitrogens with zero attached hydrogens (tertiary/aromatic N) is 3. The van der Waals surface area contributed by atoms with Gasteiger partial charge in [-0.2, -0.15) is 13.2 Å². The molecule has 0 unspecified atom stereocenters. The smallest absolute Gasteiger partial charge is 0.367 e. The third kappa shape index (κ3) is 4.57. The number of likely N-dealkylation sites (N-methyl/N-ethyl adjacent to an activating group) is 1. The number of hydrogen-bond acceptors (Lipinski definition) is 5. The molecule has 1 amide bonds. The molecule has 1 fully saturated rings. The summed E-state index contributed by atoms with van der Waals surface area (Å²) >= 11 is 0. The van der Waals surface area contributed by atoms with Gasteiger partial charge < -0.3 is 19.6 Å². The highest BCUT2D eigenvalue weighted by molar-refractivity contribution is 5.97. The lowest BCUT2D eigenvalue weighted by Gasteiger charge is -2.35. The van der Waals surface area contributed by atoms with E-state index >= 15 is 0 Å². The highest BCUT2D eigenvalue weighted by atomic mass is 19.4. The molecule has 3 aromatic rings. The summed E-state index contributed by atoms with van der Waals surface area (Å²) in [6.07, 6.45) is -4.61. The molecule has 0 saturated carbocycles. The minimum absolute atomic E-state index is 0.103. The van der Waals surface area contributed by atoms with E-state index in [2.05, 4.69) is 15.4 Å². The van der Waals surface area contributed by atoms with E-state index in [9.17, 15) is 18.0 Å². The van der Waals surface area contributed by atoms with E-state index in [1.54, 1.807) is 0 Å². The standard InChI is InChI=1S/C23H25F3N4O2/c1-14-10-17-18(28-32-21(17)11-15(14)2)13-22(31)27-19-12-16(23(24,25)26)4-5-20(19)30-8-6-29(3)7-9-30/h4-5,10-12H,6-9,13H2,1-3H3,(H,27,31). The zero-order valence-corrected chi connectivity index (χ0v) is 18.2. The molecule has 1 aliphatic heterocycles. The minimum atomic E-state index is -4.50.